The first-order chi connectivity index (χ1) is 12.8. The zero-order chi connectivity index (χ0) is 17.8. The Hall–Kier alpha value is -2.21. The topological polar surface area (TPSA) is 44.3 Å². The average molecular weight is 355 g/mol. The molecule has 0 amide bonds. The molecule has 1 fully saturated rings. The molecule has 5 nitrogen and oxygen atoms in total. The molecule has 1 saturated heterocycles. The van der Waals surface area contributed by atoms with Crippen LogP contribution in [0.15, 0.2) is 30.6 Å². The zero-order valence-corrected chi connectivity index (χ0v) is 15.1. The first-order valence-corrected chi connectivity index (χ1v) is 9.59. The van der Waals surface area contributed by atoms with Crippen molar-refractivity contribution in [3.63, 3.8) is 0 Å². The molecule has 1 aliphatic heterocycles. The number of rotatable bonds is 5. The molecule has 6 heteroatoms. The molecule has 0 unspecified atom stereocenters. The molecular formula is C20H26FN5. The maximum Gasteiger partial charge on any atom is 0.132 e. The van der Waals surface area contributed by atoms with Gasteiger partial charge in [-0.15, -0.1) is 0 Å². The summed E-state index contributed by atoms with van der Waals surface area (Å²) in [4.78, 5) is 13.7. The van der Waals surface area contributed by atoms with E-state index in [2.05, 4.69) is 25.1 Å². The van der Waals surface area contributed by atoms with Crippen molar-refractivity contribution in [2.75, 3.05) is 49.5 Å². The van der Waals surface area contributed by atoms with Gasteiger partial charge in [-0.25, -0.2) is 14.4 Å². The highest BCUT2D eigenvalue weighted by Gasteiger charge is 2.18. The van der Waals surface area contributed by atoms with E-state index in [1.165, 1.54) is 36.2 Å². The molecular weight excluding hydrogens is 329 g/mol. The molecule has 0 bridgehead atoms. The minimum Gasteiger partial charge on any atom is -0.369 e. The van der Waals surface area contributed by atoms with Gasteiger partial charge in [-0.2, -0.15) is 0 Å². The number of piperazine rings is 1. The average Bonchev–Trinajstić information content (AvgIpc) is 2.69. The van der Waals surface area contributed by atoms with Gasteiger partial charge >= 0.3 is 0 Å². The van der Waals surface area contributed by atoms with Gasteiger partial charge in [-0.05, 0) is 49.9 Å². The molecule has 0 saturated carbocycles. The second kappa shape index (κ2) is 7.99. The normalized spacial score (nSPS) is 17.8. The van der Waals surface area contributed by atoms with Crippen LogP contribution in [0.2, 0.25) is 0 Å². The van der Waals surface area contributed by atoms with Crippen molar-refractivity contribution in [3.8, 4) is 0 Å². The Morgan fingerprint density at radius 1 is 0.962 bits per heavy atom. The van der Waals surface area contributed by atoms with E-state index in [4.69, 9.17) is 0 Å². The van der Waals surface area contributed by atoms with E-state index in [1.54, 1.807) is 6.33 Å². The van der Waals surface area contributed by atoms with Crippen LogP contribution < -0.4 is 10.2 Å². The Bertz CT molecular complexity index is 725. The molecule has 2 heterocycles. The minimum absolute atomic E-state index is 0.176. The summed E-state index contributed by atoms with van der Waals surface area (Å²) < 4.78 is 13.1. The number of benzene rings is 1. The third-order valence-electron chi connectivity index (χ3n) is 5.41. The van der Waals surface area contributed by atoms with Gasteiger partial charge in [0.15, 0.2) is 0 Å². The number of hydrogen-bond donors (Lipinski definition) is 1. The van der Waals surface area contributed by atoms with Crippen LogP contribution in [0.3, 0.4) is 0 Å². The summed E-state index contributed by atoms with van der Waals surface area (Å²) in [6.07, 6.45) is 6.34. The minimum atomic E-state index is -0.176. The molecule has 0 spiro atoms. The third kappa shape index (κ3) is 3.96. The molecule has 1 N–H and O–H groups in total. The standard InChI is InChI=1S/C20H26FN5/c21-16-5-7-17(8-6-16)26-13-11-25(12-14-26)10-9-22-20-18-3-1-2-4-19(18)23-15-24-20/h5-8,15H,1-4,9-14H2,(H,22,23,24). The van der Waals surface area contributed by atoms with Crippen LogP contribution in [0, 0.1) is 5.82 Å². The number of nitrogens with zero attached hydrogens (tertiary/aromatic N) is 4. The summed E-state index contributed by atoms with van der Waals surface area (Å²) >= 11 is 0. The molecule has 1 aromatic heterocycles. The molecule has 1 aliphatic carbocycles. The zero-order valence-electron chi connectivity index (χ0n) is 15.1. The summed E-state index contributed by atoms with van der Waals surface area (Å²) in [7, 11) is 0. The van der Waals surface area contributed by atoms with Gasteiger partial charge in [0.2, 0.25) is 0 Å². The quantitative estimate of drug-likeness (QED) is 0.893. The van der Waals surface area contributed by atoms with E-state index in [-0.39, 0.29) is 5.82 Å². The first kappa shape index (κ1) is 17.2. The molecule has 4 rings (SSSR count). The van der Waals surface area contributed by atoms with Crippen LogP contribution in [0.4, 0.5) is 15.9 Å². The number of anilines is 2. The lowest BCUT2D eigenvalue weighted by atomic mass is 9.96. The Morgan fingerprint density at radius 2 is 1.73 bits per heavy atom. The lowest BCUT2D eigenvalue weighted by Crippen LogP contribution is -2.47. The van der Waals surface area contributed by atoms with Crippen LogP contribution in [0.25, 0.3) is 0 Å². The summed E-state index contributed by atoms with van der Waals surface area (Å²) in [5, 5.41) is 3.52. The Morgan fingerprint density at radius 3 is 2.54 bits per heavy atom. The number of hydrogen-bond acceptors (Lipinski definition) is 5. The molecule has 1 aromatic carbocycles. The Labute approximate surface area is 154 Å². The highest BCUT2D eigenvalue weighted by atomic mass is 19.1. The van der Waals surface area contributed by atoms with Crippen molar-refractivity contribution in [2.45, 2.75) is 25.7 Å². The Balaban J connectivity index is 1.25. The van der Waals surface area contributed by atoms with Gasteiger partial charge in [0.1, 0.15) is 18.0 Å². The van der Waals surface area contributed by atoms with Crippen LogP contribution in [-0.4, -0.2) is 54.1 Å². The van der Waals surface area contributed by atoms with Gasteiger partial charge in [0.05, 0.1) is 0 Å². The van der Waals surface area contributed by atoms with E-state index in [9.17, 15) is 4.39 Å². The number of halogens is 1. The van der Waals surface area contributed by atoms with E-state index in [0.717, 1.165) is 63.6 Å². The van der Waals surface area contributed by atoms with Crippen LogP contribution in [-0.2, 0) is 12.8 Å². The largest absolute Gasteiger partial charge is 0.369 e. The lowest BCUT2D eigenvalue weighted by Gasteiger charge is -2.36. The van der Waals surface area contributed by atoms with E-state index in [0.29, 0.717) is 0 Å². The first-order valence-electron chi connectivity index (χ1n) is 9.59. The smallest absolute Gasteiger partial charge is 0.132 e. The molecule has 26 heavy (non-hydrogen) atoms. The van der Waals surface area contributed by atoms with Crippen molar-refractivity contribution < 1.29 is 4.39 Å². The molecule has 138 valence electrons. The van der Waals surface area contributed by atoms with Crippen LogP contribution >= 0.6 is 0 Å². The summed E-state index contributed by atoms with van der Waals surface area (Å²) in [6, 6.07) is 6.80. The maximum atomic E-state index is 13.1. The maximum absolute atomic E-state index is 13.1. The molecule has 2 aromatic rings. The second-order valence-electron chi connectivity index (χ2n) is 7.09. The van der Waals surface area contributed by atoms with Gasteiger partial charge < -0.3 is 10.2 Å². The number of nitrogens with one attached hydrogen (secondary N) is 1. The fraction of sp³-hybridized carbons (Fsp3) is 0.500. The van der Waals surface area contributed by atoms with Crippen molar-refractivity contribution in [2.24, 2.45) is 0 Å². The highest BCUT2D eigenvalue weighted by Crippen LogP contribution is 2.24. The number of aryl methyl sites for hydroxylation is 1. The third-order valence-corrected chi connectivity index (χ3v) is 5.41. The fourth-order valence-corrected chi connectivity index (χ4v) is 3.89. The van der Waals surface area contributed by atoms with Gasteiger partial charge in [0.25, 0.3) is 0 Å². The summed E-state index contributed by atoms with van der Waals surface area (Å²) in [6.45, 7) is 5.93. The predicted molar refractivity (Wildman–Crippen MR) is 102 cm³/mol. The van der Waals surface area contributed by atoms with E-state index < -0.39 is 0 Å². The lowest BCUT2D eigenvalue weighted by molar-refractivity contribution is 0.267. The van der Waals surface area contributed by atoms with Crippen molar-refractivity contribution >= 4 is 11.5 Å². The Kier molecular flexibility index (Phi) is 5.29. The van der Waals surface area contributed by atoms with Gasteiger partial charge in [-0.3, -0.25) is 4.90 Å². The van der Waals surface area contributed by atoms with Crippen molar-refractivity contribution in [1.29, 1.82) is 0 Å². The molecule has 0 atom stereocenters. The summed E-state index contributed by atoms with van der Waals surface area (Å²) in [5.74, 6) is 0.852. The second-order valence-corrected chi connectivity index (χ2v) is 7.09. The highest BCUT2D eigenvalue weighted by molar-refractivity contribution is 5.47. The van der Waals surface area contributed by atoms with Crippen molar-refractivity contribution in [3.05, 3.63) is 47.7 Å². The van der Waals surface area contributed by atoms with Crippen molar-refractivity contribution in [1.82, 2.24) is 14.9 Å². The molecule has 2 aliphatic rings. The predicted octanol–water partition coefficient (Wildman–Crippen LogP) is 2.73. The number of fused-ring (bicyclic) bond motifs is 1. The van der Waals surface area contributed by atoms with E-state index >= 15 is 0 Å². The molecule has 0 radical (unpaired) electrons. The van der Waals surface area contributed by atoms with E-state index in [1.807, 2.05) is 12.1 Å². The number of aromatic nitrogens is 2. The monoisotopic (exact) mass is 355 g/mol. The summed E-state index contributed by atoms with van der Waals surface area (Å²) in [5.41, 5.74) is 3.65. The van der Waals surface area contributed by atoms with Gasteiger partial charge in [0, 0.05) is 56.2 Å². The van der Waals surface area contributed by atoms with Crippen LogP contribution in [0.1, 0.15) is 24.1 Å². The van der Waals surface area contributed by atoms with Gasteiger partial charge in [-0.1, -0.05) is 0 Å². The fourth-order valence-electron chi connectivity index (χ4n) is 3.89. The van der Waals surface area contributed by atoms with Crippen LogP contribution in [0.5, 0.6) is 0 Å². The SMILES string of the molecule is Fc1ccc(N2CCN(CCNc3ncnc4c3CCCC4)CC2)cc1.